The number of carbonyl (C=O) groups excluding carboxylic acids is 3. The Balaban J connectivity index is 1.10. The van der Waals surface area contributed by atoms with Crippen LogP contribution in [0.2, 0.25) is 0 Å². The summed E-state index contributed by atoms with van der Waals surface area (Å²) in [7, 11) is 0. The lowest BCUT2D eigenvalue weighted by atomic mass is 10.1. The minimum absolute atomic E-state index is 0.192. The highest BCUT2D eigenvalue weighted by Crippen LogP contribution is 2.33. The van der Waals surface area contributed by atoms with E-state index in [1.54, 1.807) is 53.4 Å². The van der Waals surface area contributed by atoms with E-state index in [1.807, 2.05) is 29.2 Å². The average molecular weight is 540 g/mol. The zero-order valence-electron chi connectivity index (χ0n) is 21.6. The van der Waals surface area contributed by atoms with Crippen molar-refractivity contribution >= 4 is 23.4 Å². The maximum Gasteiger partial charge on any atom is 0.290 e. The lowest BCUT2D eigenvalue weighted by molar-refractivity contribution is 0.0653. The second-order valence-electron chi connectivity index (χ2n) is 9.65. The topological polar surface area (TPSA) is 83.3 Å². The summed E-state index contributed by atoms with van der Waals surface area (Å²) in [6.07, 6.45) is 0.437. The molecule has 0 radical (unpaired) electrons. The average Bonchev–Trinajstić information content (AvgIpc) is 3.55. The molecular formula is C31H26FN3O5. The fraction of sp³-hybridized carbons (Fsp3) is 0.194. The van der Waals surface area contributed by atoms with E-state index in [0.29, 0.717) is 55.2 Å². The highest BCUT2D eigenvalue weighted by molar-refractivity contribution is 6.23. The minimum Gasteiger partial charge on any atom is -0.426 e. The first-order chi connectivity index (χ1) is 19.5. The fourth-order valence-corrected chi connectivity index (χ4v) is 5.08. The van der Waals surface area contributed by atoms with Crippen molar-refractivity contribution in [1.82, 2.24) is 9.80 Å². The maximum absolute atomic E-state index is 13.4. The molecule has 1 saturated heterocycles. The third-order valence-electron chi connectivity index (χ3n) is 7.18. The van der Waals surface area contributed by atoms with E-state index in [4.69, 9.17) is 9.15 Å². The van der Waals surface area contributed by atoms with E-state index >= 15 is 0 Å². The number of benzene rings is 3. The van der Waals surface area contributed by atoms with Crippen molar-refractivity contribution in [2.24, 2.45) is 0 Å². The molecule has 202 valence electrons. The van der Waals surface area contributed by atoms with Crippen LogP contribution in [0.15, 0.2) is 89.3 Å². The Bertz CT molecular complexity index is 1560. The van der Waals surface area contributed by atoms with Gasteiger partial charge in [0.1, 0.15) is 11.6 Å². The van der Waals surface area contributed by atoms with Crippen molar-refractivity contribution in [3.63, 3.8) is 0 Å². The van der Waals surface area contributed by atoms with Crippen LogP contribution in [0.1, 0.15) is 36.8 Å². The Kier molecular flexibility index (Phi) is 6.77. The standard InChI is InChI=1S/C31H26FN3O5/c32-22-11-9-21(10-12-22)15-16-35-29(36)24-7-4-8-25(28(24)31(35)38)33-17-19-34(20-18-33)30(37)26-13-14-27(40-26)39-23-5-2-1-3-6-23/h1-14H,15-20H2. The molecule has 0 atom stereocenters. The van der Waals surface area contributed by atoms with Gasteiger partial charge in [0.2, 0.25) is 0 Å². The lowest BCUT2D eigenvalue weighted by Gasteiger charge is -2.36. The number of ether oxygens (including phenoxy) is 1. The van der Waals surface area contributed by atoms with E-state index < -0.39 is 0 Å². The first kappa shape index (κ1) is 25.4. The summed E-state index contributed by atoms with van der Waals surface area (Å²) in [5.74, 6) is -0.192. The zero-order valence-corrected chi connectivity index (χ0v) is 21.6. The normalized spacial score (nSPS) is 15.0. The second-order valence-corrected chi connectivity index (χ2v) is 9.65. The van der Waals surface area contributed by atoms with Gasteiger partial charge in [-0.05, 0) is 54.4 Å². The number of piperazine rings is 1. The summed E-state index contributed by atoms with van der Waals surface area (Å²) in [6.45, 7) is 2.04. The quantitative estimate of drug-likeness (QED) is 0.307. The number of carbonyl (C=O) groups is 3. The summed E-state index contributed by atoms with van der Waals surface area (Å²) in [4.78, 5) is 44.5. The maximum atomic E-state index is 13.4. The van der Waals surface area contributed by atoms with Crippen LogP contribution in [0.4, 0.5) is 10.1 Å². The molecule has 2 aliphatic heterocycles. The molecule has 40 heavy (non-hydrogen) atoms. The van der Waals surface area contributed by atoms with Crippen LogP contribution < -0.4 is 9.64 Å². The number of anilines is 1. The van der Waals surface area contributed by atoms with E-state index in [-0.39, 0.29) is 41.8 Å². The molecule has 3 heterocycles. The van der Waals surface area contributed by atoms with Crippen LogP contribution >= 0.6 is 0 Å². The first-order valence-corrected chi connectivity index (χ1v) is 13.1. The van der Waals surface area contributed by atoms with Crippen LogP contribution in [0.3, 0.4) is 0 Å². The van der Waals surface area contributed by atoms with Gasteiger partial charge in [0, 0.05) is 38.8 Å². The van der Waals surface area contributed by atoms with E-state index in [2.05, 4.69) is 0 Å². The molecule has 3 aromatic carbocycles. The molecule has 0 unspecified atom stereocenters. The molecule has 0 N–H and O–H groups in total. The summed E-state index contributed by atoms with van der Waals surface area (Å²) in [6, 6.07) is 23.7. The number of amides is 3. The van der Waals surface area contributed by atoms with Gasteiger partial charge in [-0.1, -0.05) is 36.4 Å². The Hall–Kier alpha value is -4.92. The molecule has 1 aromatic heterocycles. The first-order valence-electron chi connectivity index (χ1n) is 13.1. The Morgan fingerprint density at radius 3 is 2.33 bits per heavy atom. The number of para-hydroxylation sites is 1. The monoisotopic (exact) mass is 539 g/mol. The van der Waals surface area contributed by atoms with Gasteiger partial charge in [-0.15, -0.1) is 0 Å². The van der Waals surface area contributed by atoms with Gasteiger partial charge in [0.15, 0.2) is 5.76 Å². The molecular weight excluding hydrogens is 513 g/mol. The Labute approximate surface area is 230 Å². The molecule has 0 spiro atoms. The van der Waals surface area contributed by atoms with Gasteiger partial charge in [-0.25, -0.2) is 4.39 Å². The summed E-state index contributed by atoms with van der Waals surface area (Å²) in [5.41, 5.74) is 2.29. The van der Waals surface area contributed by atoms with Crippen LogP contribution in [-0.4, -0.2) is 60.2 Å². The number of rotatable bonds is 7. The molecule has 0 saturated carbocycles. The number of halogens is 1. The van der Waals surface area contributed by atoms with E-state index in [1.165, 1.54) is 17.0 Å². The summed E-state index contributed by atoms with van der Waals surface area (Å²) in [5, 5.41) is 0. The predicted octanol–water partition coefficient (Wildman–Crippen LogP) is 5.01. The van der Waals surface area contributed by atoms with E-state index in [0.717, 1.165) is 5.56 Å². The van der Waals surface area contributed by atoms with Crippen molar-refractivity contribution in [3.05, 3.63) is 113 Å². The van der Waals surface area contributed by atoms with Gasteiger partial charge in [-0.2, -0.15) is 0 Å². The SMILES string of the molecule is O=C(c1ccc(Oc2ccccc2)o1)N1CCN(c2cccc3c2C(=O)N(CCc2ccc(F)cc2)C3=O)CC1. The largest absolute Gasteiger partial charge is 0.426 e. The highest BCUT2D eigenvalue weighted by atomic mass is 19.1. The molecule has 1 fully saturated rings. The van der Waals surface area contributed by atoms with E-state index in [9.17, 15) is 18.8 Å². The van der Waals surface area contributed by atoms with Crippen molar-refractivity contribution in [2.45, 2.75) is 6.42 Å². The van der Waals surface area contributed by atoms with Gasteiger partial charge in [-0.3, -0.25) is 19.3 Å². The molecule has 9 heteroatoms. The Morgan fingerprint density at radius 2 is 1.57 bits per heavy atom. The molecule has 0 bridgehead atoms. The fourth-order valence-electron chi connectivity index (χ4n) is 5.08. The molecule has 2 aliphatic rings. The Morgan fingerprint density at radius 1 is 0.825 bits per heavy atom. The third-order valence-corrected chi connectivity index (χ3v) is 7.18. The number of furan rings is 1. The second kappa shape index (κ2) is 10.7. The summed E-state index contributed by atoms with van der Waals surface area (Å²) >= 11 is 0. The van der Waals surface area contributed by atoms with Crippen molar-refractivity contribution < 1.29 is 27.9 Å². The highest BCUT2D eigenvalue weighted by Gasteiger charge is 2.38. The van der Waals surface area contributed by atoms with Crippen LogP contribution in [0.25, 0.3) is 0 Å². The third kappa shape index (κ3) is 4.93. The van der Waals surface area contributed by atoms with Crippen molar-refractivity contribution in [1.29, 1.82) is 0 Å². The van der Waals surface area contributed by atoms with Crippen LogP contribution in [0, 0.1) is 5.82 Å². The van der Waals surface area contributed by atoms with Crippen molar-refractivity contribution in [2.75, 3.05) is 37.6 Å². The van der Waals surface area contributed by atoms with Gasteiger partial charge in [0.05, 0.1) is 16.8 Å². The zero-order chi connectivity index (χ0) is 27.6. The number of imide groups is 1. The minimum atomic E-state index is -0.335. The molecule has 6 rings (SSSR count). The van der Waals surface area contributed by atoms with Crippen LogP contribution in [0.5, 0.6) is 11.7 Å². The number of hydrogen-bond acceptors (Lipinski definition) is 6. The number of nitrogens with zero attached hydrogens (tertiary/aromatic N) is 3. The van der Waals surface area contributed by atoms with Gasteiger partial charge >= 0.3 is 0 Å². The van der Waals surface area contributed by atoms with Gasteiger partial charge < -0.3 is 19.0 Å². The lowest BCUT2D eigenvalue weighted by Crippen LogP contribution is -2.49. The smallest absolute Gasteiger partial charge is 0.290 e. The molecule has 8 nitrogen and oxygen atoms in total. The molecule has 4 aromatic rings. The van der Waals surface area contributed by atoms with Gasteiger partial charge in [0.25, 0.3) is 23.7 Å². The molecule has 3 amide bonds. The van der Waals surface area contributed by atoms with Crippen LogP contribution in [-0.2, 0) is 6.42 Å². The number of hydrogen-bond donors (Lipinski definition) is 0. The predicted molar refractivity (Wildman–Crippen MR) is 145 cm³/mol. The van der Waals surface area contributed by atoms with Crippen molar-refractivity contribution in [3.8, 4) is 11.7 Å². The number of fused-ring (bicyclic) bond motifs is 1. The summed E-state index contributed by atoms with van der Waals surface area (Å²) < 4.78 is 24.5. The molecule has 0 aliphatic carbocycles.